The molecule has 1 aromatic carbocycles. The lowest BCUT2D eigenvalue weighted by Crippen LogP contribution is -1.99. The molecule has 2 aromatic rings. The molecule has 0 bridgehead atoms. The van der Waals surface area contributed by atoms with Crippen molar-refractivity contribution < 1.29 is 14.6 Å². The summed E-state index contributed by atoms with van der Waals surface area (Å²) in [7, 11) is 1.61. The molecule has 0 fully saturated rings. The van der Waals surface area contributed by atoms with Gasteiger partial charge in [0.2, 0.25) is 0 Å². The van der Waals surface area contributed by atoms with Crippen molar-refractivity contribution >= 4 is 17.3 Å². The predicted octanol–water partition coefficient (Wildman–Crippen LogP) is 3.01. The van der Waals surface area contributed by atoms with Crippen LogP contribution in [0.15, 0.2) is 24.3 Å². The lowest BCUT2D eigenvalue weighted by atomic mass is 10.1. The van der Waals surface area contributed by atoms with Gasteiger partial charge in [0, 0.05) is 10.4 Å². The highest BCUT2D eigenvalue weighted by Gasteiger charge is 2.15. The van der Waals surface area contributed by atoms with Crippen molar-refractivity contribution in [3.8, 4) is 17.0 Å². The third-order valence-electron chi connectivity index (χ3n) is 2.72. The number of thiazole rings is 1. The highest BCUT2D eigenvalue weighted by Crippen LogP contribution is 2.30. The highest BCUT2D eigenvalue weighted by molar-refractivity contribution is 7.12. The zero-order valence-corrected chi connectivity index (χ0v) is 11.7. The average molecular weight is 277 g/mol. The number of carboxylic acids is 1. The fourth-order valence-corrected chi connectivity index (χ4v) is 2.80. The van der Waals surface area contributed by atoms with Gasteiger partial charge in [-0.15, -0.1) is 11.3 Å². The van der Waals surface area contributed by atoms with Gasteiger partial charge in [0.15, 0.2) is 0 Å². The Morgan fingerprint density at radius 1 is 1.37 bits per heavy atom. The quantitative estimate of drug-likeness (QED) is 0.912. The Kier molecular flexibility index (Phi) is 4.16. The molecule has 0 aliphatic carbocycles. The molecule has 0 saturated heterocycles. The van der Waals surface area contributed by atoms with Crippen LogP contribution in [0.5, 0.6) is 5.75 Å². The summed E-state index contributed by atoms with van der Waals surface area (Å²) in [6.07, 6.45) is 0.826. The second-order valence-corrected chi connectivity index (χ2v) is 5.20. The Hall–Kier alpha value is -1.88. The van der Waals surface area contributed by atoms with E-state index in [0.29, 0.717) is 0 Å². The number of carbonyl (C=O) groups is 1. The van der Waals surface area contributed by atoms with E-state index in [9.17, 15) is 4.79 Å². The van der Waals surface area contributed by atoms with Gasteiger partial charge in [-0.3, -0.25) is 4.79 Å². The molecule has 5 heteroatoms. The number of rotatable bonds is 5. The van der Waals surface area contributed by atoms with Gasteiger partial charge in [0.1, 0.15) is 5.75 Å². The van der Waals surface area contributed by atoms with Gasteiger partial charge in [0.05, 0.1) is 24.2 Å². The summed E-state index contributed by atoms with van der Waals surface area (Å²) in [6.45, 7) is 2.02. The topological polar surface area (TPSA) is 59.4 Å². The summed E-state index contributed by atoms with van der Waals surface area (Å²) >= 11 is 1.47. The van der Waals surface area contributed by atoms with Crippen LogP contribution >= 0.6 is 11.3 Å². The van der Waals surface area contributed by atoms with E-state index in [2.05, 4.69) is 4.98 Å². The van der Waals surface area contributed by atoms with Gasteiger partial charge >= 0.3 is 5.97 Å². The van der Waals surface area contributed by atoms with Gasteiger partial charge < -0.3 is 9.84 Å². The molecule has 0 saturated carbocycles. The first-order chi connectivity index (χ1) is 9.13. The van der Waals surface area contributed by atoms with Gasteiger partial charge in [-0.2, -0.15) is 0 Å². The maximum absolute atomic E-state index is 10.9. The first-order valence-electron chi connectivity index (χ1n) is 5.98. The van der Waals surface area contributed by atoms with Crippen molar-refractivity contribution in [1.29, 1.82) is 0 Å². The van der Waals surface area contributed by atoms with Crippen LogP contribution in [-0.2, 0) is 17.6 Å². The second-order valence-electron chi connectivity index (χ2n) is 4.03. The number of ether oxygens (including phenoxy) is 1. The highest BCUT2D eigenvalue weighted by atomic mass is 32.1. The molecule has 1 N–H and O–H groups in total. The molecule has 19 heavy (non-hydrogen) atoms. The molecule has 0 aliphatic heterocycles. The molecule has 0 aliphatic rings. The summed E-state index contributed by atoms with van der Waals surface area (Å²) < 4.78 is 5.11. The normalized spacial score (nSPS) is 10.4. The van der Waals surface area contributed by atoms with Crippen LogP contribution in [0.3, 0.4) is 0 Å². The number of benzene rings is 1. The van der Waals surface area contributed by atoms with E-state index >= 15 is 0 Å². The molecule has 1 heterocycles. The first-order valence-corrected chi connectivity index (χ1v) is 6.80. The van der Waals surface area contributed by atoms with Gasteiger partial charge in [0.25, 0.3) is 0 Å². The Morgan fingerprint density at radius 3 is 2.58 bits per heavy atom. The molecule has 0 amide bonds. The Balaban J connectivity index is 2.40. The third-order valence-corrected chi connectivity index (χ3v) is 3.92. The lowest BCUT2D eigenvalue weighted by Gasteiger charge is -2.02. The van der Waals surface area contributed by atoms with E-state index in [1.54, 1.807) is 7.11 Å². The molecule has 0 radical (unpaired) electrons. The molecule has 100 valence electrons. The van der Waals surface area contributed by atoms with Crippen molar-refractivity contribution in [1.82, 2.24) is 4.98 Å². The second kappa shape index (κ2) is 5.84. The lowest BCUT2D eigenvalue weighted by molar-refractivity contribution is -0.136. The maximum Gasteiger partial charge on any atom is 0.308 e. The fraction of sp³-hybridized carbons (Fsp3) is 0.286. The van der Waals surface area contributed by atoms with E-state index in [1.807, 2.05) is 31.2 Å². The van der Waals surface area contributed by atoms with Crippen LogP contribution in [0.25, 0.3) is 11.3 Å². The maximum atomic E-state index is 10.9. The Morgan fingerprint density at radius 2 is 2.05 bits per heavy atom. The van der Waals surface area contributed by atoms with E-state index in [0.717, 1.165) is 33.3 Å². The summed E-state index contributed by atoms with van der Waals surface area (Å²) in [5.41, 5.74) is 1.69. The third kappa shape index (κ3) is 3.12. The summed E-state index contributed by atoms with van der Waals surface area (Å²) in [4.78, 5) is 16.2. The smallest absolute Gasteiger partial charge is 0.308 e. The fourth-order valence-electron chi connectivity index (χ4n) is 1.78. The predicted molar refractivity (Wildman–Crippen MR) is 74.8 cm³/mol. The molecular formula is C14H15NO3S. The minimum absolute atomic E-state index is 0.0129. The van der Waals surface area contributed by atoms with Crippen LogP contribution < -0.4 is 4.74 Å². The average Bonchev–Trinajstić information content (AvgIpc) is 2.81. The number of methoxy groups -OCH3 is 1. The minimum atomic E-state index is -0.832. The van der Waals surface area contributed by atoms with E-state index in [1.165, 1.54) is 11.3 Å². The largest absolute Gasteiger partial charge is 0.497 e. The standard InChI is InChI=1S/C14H15NO3S/c1-3-12-15-14(11(19-12)8-13(16)17)9-4-6-10(18-2)7-5-9/h4-7H,3,8H2,1-2H3,(H,16,17). The first kappa shape index (κ1) is 13.5. The van der Waals surface area contributed by atoms with E-state index < -0.39 is 5.97 Å². The van der Waals surface area contributed by atoms with Crippen molar-refractivity contribution in [2.45, 2.75) is 19.8 Å². The SMILES string of the molecule is CCc1nc(-c2ccc(OC)cc2)c(CC(=O)O)s1. The van der Waals surface area contributed by atoms with Crippen LogP contribution in [0, 0.1) is 0 Å². The molecule has 4 nitrogen and oxygen atoms in total. The molecule has 1 aromatic heterocycles. The molecule has 0 unspecified atom stereocenters. The van der Waals surface area contributed by atoms with Crippen molar-refractivity contribution in [2.24, 2.45) is 0 Å². The molecule has 2 rings (SSSR count). The Bertz CT molecular complexity index is 575. The zero-order chi connectivity index (χ0) is 13.8. The molecular weight excluding hydrogens is 262 g/mol. The zero-order valence-electron chi connectivity index (χ0n) is 10.8. The number of hydrogen-bond acceptors (Lipinski definition) is 4. The van der Waals surface area contributed by atoms with Crippen LogP contribution in [0.4, 0.5) is 0 Å². The summed E-state index contributed by atoms with van der Waals surface area (Å²) in [6, 6.07) is 7.51. The van der Waals surface area contributed by atoms with Gasteiger partial charge in [-0.05, 0) is 30.7 Å². The minimum Gasteiger partial charge on any atom is -0.497 e. The number of aryl methyl sites for hydroxylation is 1. The van der Waals surface area contributed by atoms with Crippen molar-refractivity contribution in [3.05, 3.63) is 34.2 Å². The molecule has 0 spiro atoms. The van der Waals surface area contributed by atoms with Gasteiger partial charge in [-0.1, -0.05) is 6.92 Å². The summed E-state index contributed by atoms with van der Waals surface area (Å²) in [5, 5.41) is 9.92. The number of carboxylic acid groups (broad SMARTS) is 1. The number of aromatic nitrogens is 1. The van der Waals surface area contributed by atoms with E-state index in [4.69, 9.17) is 9.84 Å². The van der Waals surface area contributed by atoms with Crippen LogP contribution in [0.1, 0.15) is 16.8 Å². The van der Waals surface area contributed by atoms with Crippen molar-refractivity contribution in [2.75, 3.05) is 7.11 Å². The molecule has 0 atom stereocenters. The number of nitrogens with zero attached hydrogens (tertiary/aromatic N) is 1. The summed E-state index contributed by atoms with van der Waals surface area (Å²) in [5.74, 6) is -0.0597. The van der Waals surface area contributed by atoms with Gasteiger partial charge in [-0.25, -0.2) is 4.98 Å². The number of hydrogen-bond donors (Lipinski definition) is 1. The number of aliphatic carboxylic acids is 1. The van der Waals surface area contributed by atoms with Crippen LogP contribution in [0.2, 0.25) is 0 Å². The monoisotopic (exact) mass is 277 g/mol. The van der Waals surface area contributed by atoms with E-state index in [-0.39, 0.29) is 6.42 Å². The van der Waals surface area contributed by atoms with Crippen molar-refractivity contribution in [3.63, 3.8) is 0 Å². The van der Waals surface area contributed by atoms with Crippen LogP contribution in [-0.4, -0.2) is 23.2 Å². The Labute approximate surface area is 115 Å².